The molecule has 2 aromatic rings. The zero-order chi connectivity index (χ0) is 22.2. The quantitative estimate of drug-likeness (QED) is 0.346. The molecule has 9 heteroatoms. The summed E-state index contributed by atoms with van der Waals surface area (Å²) in [6, 6.07) is 16.6. The highest BCUT2D eigenvalue weighted by Crippen LogP contribution is 2.51. The number of aliphatic hydroxyl groups is 4. The lowest BCUT2D eigenvalue weighted by Gasteiger charge is -2.53. The average Bonchev–Trinajstić information content (AvgIpc) is 2.89. The van der Waals surface area contributed by atoms with E-state index in [1.165, 1.54) is 0 Å². The van der Waals surface area contributed by atoms with Crippen LogP contribution < -0.4 is 10.6 Å². The molecule has 1 saturated heterocycles. The number of carbonyl (C=O) groups excluding carboxylic acids is 2. The van der Waals surface area contributed by atoms with E-state index in [4.69, 9.17) is 4.74 Å². The molecule has 1 aliphatic heterocycles. The topological polar surface area (TPSA) is 148 Å². The maximum absolute atomic E-state index is 12.4. The molecule has 5 atom stereocenters. The standard InChI is InChI=1S/C22H24N2O7/c25-11-16-18(27)19(28)21(30)12-31-22(16,21)24-17(26)10-23-20(29)15-8-6-14(7-9-15)13-4-2-1-3-5-13/h1-9,16,18-19,25,27-28,30H,10-12H2,(H,23,29)(H,24,26)/t16?,18-,19?,21+,22?/m1/s1. The number of ether oxygens (including phenoxy) is 1. The molecule has 0 aromatic heterocycles. The van der Waals surface area contributed by atoms with E-state index in [1.807, 2.05) is 30.3 Å². The maximum atomic E-state index is 12.4. The fraction of sp³-hybridized carbons (Fsp3) is 0.364. The van der Waals surface area contributed by atoms with E-state index in [9.17, 15) is 30.0 Å². The maximum Gasteiger partial charge on any atom is 0.251 e. The third-order valence-electron chi connectivity index (χ3n) is 6.10. The van der Waals surface area contributed by atoms with Gasteiger partial charge in [0.05, 0.1) is 31.8 Å². The van der Waals surface area contributed by atoms with Crippen molar-refractivity contribution >= 4 is 11.8 Å². The van der Waals surface area contributed by atoms with Gasteiger partial charge in [-0.05, 0) is 23.3 Å². The third-order valence-corrected chi connectivity index (χ3v) is 6.10. The van der Waals surface area contributed by atoms with Crippen LogP contribution in [-0.2, 0) is 9.53 Å². The summed E-state index contributed by atoms with van der Waals surface area (Å²) in [5, 5.41) is 45.2. The second-order valence-corrected chi connectivity index (χ2v) is 7.85. The van der Waals surface area contributed by atoms with E-state index in [1.54, 1.807) is 24.3 Å². The van der Waals surface area contributed by atoms with E-state index in [2.05, 4.69) is 10.6 Å². The number of amides is 2. The van der Waals surface area contributed by atoms with Crippen molar-refractivity contribution in [1.29, 1.82) is 0 Å². The number of hydrogen-bond donors (Lipinski definition) is 6. The van der Waals surface area contributed by atoms with Crippen LogP contribution in [0.1, 0.15) is 10.4 Å². The van der Waals surface area contributed by atoms with Crippen LogP contribution in [0.2, 0.25) is 0 Å². The average molecular weight is 428 g/mol. The first kappa shape index (κ1) is 21.4. The van der Waals surface area contributed by atoms with Crippen LogP contribution in [0.4, 0.5) is 0 Å². The Morgan fingerprint density at radius 1 is 1.03 bits per heavy atom. The molecular weight excluding hydrogens is 404 g/mol. The number of nitrogens with one attached hydrogen (secondary N) is 2. The van der Waals surface area contributed by atoms with Gasteiger partial charge in [-0.25, -0.2) is 0 Å². The smallest absolute Gasteiger partial charge is 0.251 e. The summed E-state index contributed by atoms with van der Waals surface area (Å²) in [5.74, 6) is -2.29. The van der Waals surface area contributed by atoms with Crippen molar-refractivity contribution in [2.75, 3.05) is 19.8 Å². The summed E-state index contributed by atoms with van der Waals surface area (Å²) in [5.41, 5.74) is -1.42. The highest BCUT2D eigenvalue weighted by molar-refractivity contribution is 5.97. The molecule has 1 heterocycles. The number of carbonyl (C=O) groups is 2. The van der Waals surface area contributed by atoms with Crippen LogP contribution >= 0.6 is 0 Å². The Hall–Kier alpha value is -2.82. The van der Waals surface area contributed by atoms with Gasteiger partial charge in [-0.2, -0.15) is 0 Å². The lowest BCUT2D eigenvalue weighted by atomic mass is 9.83. The second-order valence-electron chi connectivity index (χ2n) is 7.85. The van der Waals surface area contributed by atoms with Gasteiger partial charge in [0, 0.05) is 5.56 Å². The van der Waals surface area contributed by atoms with E-state index >= 15 is 0 Å². The van der Waals surface area contributed by atoms with Crippen LogP contribution in [0.5, 0.6) is 0 Å². The molecule has 2 fully saturated rings. The first-order valence-electron chi connectivity index (χ1n) is 9.90. The van der Waals surface area contributed by atoms with Crippen molar-refractivity contribution in [2.45, 2.75) is 23.5 Å². The SMILES string of the molecule is O=C(CNC(=O)c1ccc(-c2ccccc2)cc1)NC12OC[C@]1(O)C(O)[C@H](O)C2CO. The lowest BCUT2D eigenvalue weighted by Crippen LogP contribution is -2.79. The third kappa shape index (κ3) is 3.40. The highest BCUT2D eigenvalue weighted by atomic mass is 16.6. The largest absolute Gasteiger partial charge is 0.396 e. The second kappa shape index (κ2) is 8.03. The molecule has 4 rings (SSSR count). The molecule has 2 amide bonds. The highest BCUT2D eigenvalue weighted by Gasteiger charge is 2.76. The minimum atomic E-state index is -1.92. The molecule has 0 spiro atoms. The van der Waals surface area contributed by atoms with Crippen molar-refractivity contribution < 1.29 is 34.8 Å². The molecule has 2 aliphatic rings. The molecule has 164 valence electrons. The Balaban J connectivity index is 1.37. The lowest BCUT2D eigenvalue weighted by molar-refractivity contribution is -0.332. The molecule has 31 heavy (non-hydrogen) atoms. The first-order valence-corrected chi connectivity index (χ1v) is 9.90. The molecule has 2 aromatic carbocycles. The molecule has 6 N–H and O–H groups in total. The van der Waals surface area contributed by atoms with Crippen LogP contribution in [0.25, 0.3) is 11.1 Å². The van der Waals surface area contributed by atoms with E-state index in [0.717, 1.165) is 11.1 Å². The number of fused-ring (bicyclic) bond motifs is 1. The van der Waals surface area contributed by atoms with Gasteiger partial charge >= 0.3 is 0 Å². The Morgan fingerprint density at radius 2 is 1.68 bits per heavy atom. The fourth-order valence-corrected chi connectivity index (χ4v) is 4.28. The number of rotatable bonds is 6. The van der Waals surface area contributed by atoms with Crippen molar-refractivity contribution in [2.24, 2.45) is 5.92 Å². The number of hydrogen-bond acceptors (Lipinski definition) is 7. The van der Waals surface area contributed by atoms with Crippen LogP contribution in [-0.4, -0.2) is 75.5 Å². The molecule has 1 aliphatic carbocycles. The minimum Gasteiger partial charge on any atom is -0.396 e. The molecular formula is C22H24N2O7. The molecule has 3 unspecified atom stereocenters. The van der Waals surface area contributed by atoms with Gasteiger partial charge in [0.1, 0.15) is 6.10 Å². The molecule has 1 saturated carbocycles. The Kier molecular flexibility index (Phi) is 5.54. The van der Waals surface area contributed by atoms with Crippen LogP contribution in [0, 0.1) is 5.92 Å². The summed E-state index contributed by atoms with van der Waals surface area (Å²) < 4.78 is 5.33. The van der Waals surface area contributed by atoms with Crippen LogP contribution in [0.3, 0.4) is 0 Å². The summed E-state index contributed by atoms with van der Waals surface area (Å²) >= 11 is 0. The first-order chi connectivity index (χ1) is 14.8. The van der Waals surface area contributed by atoms with Gasteiger partial charge in [-0.15, -0.1) is 0 Å². The van der Waals surface area contributed by atoms with Gasteiger partial charge in [-0.1, -0.05) is 42.5 Å². The van der Waals surface area contributed by atoms with Crippen molar-refractivity contribution in [3.63, 3.8) is 0 Å². The zero-order valence-corrected chi connectivity index (χ0v) is 16.6. The molecule has 0 radical (unpaired) electrons. The van der Waals surface area contributed by atoms with Gasteiger partial charge < -0.3 is 35.8 Å². The fourth-order valence-electron chi connectivity index (χ4n) is 4.28. The molecule has 0 bridgehead atoms. The predicted molar refractivity (Wildman–Crippen MR) is 109 cm³/mol. The monoisotopic (exact) mass is 428 g/mol. The van der Waals surface area contributed by atoms with Gasteiger partial charge in [0.2, 0.25) is 5.91 Å². The van der Waals surface area contributed by atoms with E-state index in [-0.39, 0.29) is 6.61 Å². The predicted octanol–water partition coefficient (Wildman–Crippen LogP) is -0.999. The summed E-state index contributed by atoms with van der Waals surface area (Å²) in [7, 11) is 0. The van der Waals surface area contributed by atoms with Crippen LogP contribution in [0.15, 0.2) is 54.6 Å². The summed E-state index contributed by atoms with van der Waals surface area (Å²) in [6.07, 6.45) is -3.06. The van der Waals surface area contributed by atoms with E-state index in [0.29, 0.717) is 5.56 Å². The van der Waals surface area contributed by atoms with E-state index < -0.39 is 54.4 Å². The Labute approximate surface area is 178 Å². The van der Waals surface area contributed by atoms with Gasteiger partial charge in [0.25, 0.3) is 5.91 Å². The minimum absolute atomic E-state index is 0.303. The number of benzene rings is 2. The van der Waals surface area contributed by atoms with Gasteiger partial charge in [0.15, 0.2) is 11.3 Å². The van der Waals surface area contributed by atoms with Gasteiger partial charge in [-0.3, -0.25) is 9.59 Å². The normalized spacial score (nSPS) is 31.4. The summed E-state index contributed by atoms with van der Waals surface area (Å²) in [4.78, 5) is 24.8. The van der Waals surface area contributed by atoms with Crippen molar-refractivity contribution in [3.8, 4) is 11.1 Å². The Bertz CT molecular complexity index is 968. The summed E-state index contributed by atoms with van der Waals surface area (Å²) in [6.45, 7) is -1.35. The van der Waals surface area contributed by atoms with Crippen molar-refractivity contribution in [3.05, 3.63) is 60.2 Å². The van der Waals surface area contributed by atoms with Crippen molar-refractivity contribution in [1.82, 2.24) is 10.6 Å². The Morgan fingerprint density at radius 3 is 2.26 bits per heavy atom. The number of aliphatic hydroxyl groups excluding tert-OH is 3. The zero-order valence-electron chi connectivity index (χ0n) is 16.6. The molecule has 9 nitrogen and oxygen atoms in total.